The third-order valence-corrected chi connectivity index (χ3v) is 6.85. The summed E-state index contributed by atoms with van der Waals surface area (Å²) in [6, 6.07) is 17.7. The number of ether oxygens (including phenoxy) is 1. The van der Waals surface area contributed by atoms with Gasteiger partial charge in [-0.3, -0.25) is 4.79 Å². The molecule has 1 aliphatic rings. The standard InChI is InChI=1S/C24H28N4O2S/c1-16(2)21(23(29)25-19-11-13-20(30-3)14-12-19)31-24-27-26-22(18-9-10-18)28(24)15-17-7-5-4-6-8-17/h4-8,11-14,16,18,21H,9-10,15H2,1-3H3,(H,25,29). The molecule has 0 radical (unpaired) electrons. The molecule has 31 heavy (non-hydrogen) atoms. The smallest absolute Gasteiger partial charge is 0.238 e. The van der Waals surface area contributed by atoms with Gasteiger partial charge in [-0.2, -0.15) is 0 Å². The summed E-state index contributed by atoms with van der Waals surface area (Å²) in [5.41, 5.74) is 1.95. The topological polar surface area (TPSA) is 69.0 Å². The van der Waals surface area contributed by atoms with Crippen molar-refractivity contribution in [3.05, 3.63) is 66.0 Å². The molecule has 3 aromatic rings. The first-order valence-electron chi connectivity index (χ1n) is 10.6. The second-order valence-electron chi connectivity index (χ2n) is 8.19. The van der Waals surface area contributed by atoms with Crippen LogP contribution < -0.4 is 10.1 Å². The number of rotatable bonds is 9. The van der Waals surface area contributed by atoms with Gasteiger partial charge >= 0.3 is 0 Å². The van der Waals surface area contributed by atoms with Crippen molar-refractivity contribution in [3.63, 3.8) is 0 Å². The molecule has 2 aromatic carbocycles. The molecule has 6 nitrogen and oxygen atoms in total. The summed E-state index contributed by atoms with van der Waals surface area (Å²) in [6.07, 6.45) is 2.31. The van der Waals surface area contributed by atoms with E-state index in [1.807, 2.05) is 42.5 Å². The summed E-state index contributed by atoms with van der Waals surface area (Å²) in [5, 5.41) is 12.5. The van der Waals surface area contributed by atoms with Crippen LogP contribution in [0.4, 0.5) is 5.69 Å². The second kappa shape index (κ2) is 9.56. The quantitative estimate of drug-likeness (QED) is 0.480. The molecular weight excluding hydrogens is 408 g/mol. The van der Waals surface area contributed by atoms with Crippen LogP contribution in [0, 0.1) is 5.92 Å². The molecule has 0 bridgehead atoms. The van der Waals surface area contributed by atoms with Crippen molar-refractivity contribution in [2.75, 3.05) is 12.4 Å². The molecule has 0 aliphatic heterocycles. The van der Waals surface area contributed by atoms with Crippen LogP contribution in [-0.4, -0.2) is 33.0 Å². The van der Waals surface area contributed by atoms with Gasteiger partial charge in [-0.1, -0.05) is 55.9 Å². The van der Waals surface area contributed by atoms with Crippen molar-refractivity contribution in [1.82, 2.24) is 14.8 Å². The largest absolute Gasteiger partial charge is 0.497 e. The summed E-state index contributed by atoms with van der Waals surface area (Å²) in [4.78, 5) is 13.1. The van der Waals surface area contributed by atoms with Gasteiger partial charge in [0.25, 0.3) is 0 Å². The molecule has 4 rings (SSSR count). The number of aromatic nitrogens is 3. The lowest BCUT2D eigenvalue weighted by atomic mass is 10.1. The number of methoxy groups -OCH3 is 1. The van der Waals surface area contributed by atoms with Crippen molar-refractivity contribution in [1.29, 1.82) is 0 Å². The molecule has 1 amide bonds. The monoisotopic (exact) mass is 436 g/mol. The van der Waals surface area contributed by atoms with Crippen LogP contribution in [0.3, 0.4) is 0 Å². The molecule has 1 aromatic heterocycles. The van der Waals surface area contributed by atoms with Crippen LogP contribution in [0.5, 0.6) is 5.75 Å². The first-order valence-corrected chi connectivity index (χ1v) is 11.5. The maximum Gasteiger partial charge on any atom is 0.238 e. The Labute approximate surface area is 187 Å². The number of nitrogens with one attached hydrogen (secondary N) is 1. The third kappa shape index (κ3) is 5.28. The summed E-state index contributed by atoms with van der Waals surface area (Å²) in [7, 11) is 1.63. The Bertz CT molecular complexity index is 1010. The Hall–Kier alpha value is -2.80. The SMILES string of the molecule is COc1ccc(NC(=O)C(Sc2nnc(C3CC3)n2Cc2ccccc2)C(C)C)cc1. The van der Waals surface area contributed by atoms with E-state index in [2.05, 4.69) is 46.1 Å². The van der Waals surface area contributed by atoms with E-state index in [1.54, 1.807) is 7.11 Å². The summed E-state index contributed by atoms with van der Waals surface area (Å²) >= 11 is 1.50. The highest BCUT2D eigenvalue weighted by molar-refractivity contribution is 8.00. The number of amides is 1. The Morgan fingerprint density at radius 1 is 1.13 bits per heavy atom. The van der Waals surface area contributed by atoms with Crippen LogP contribution in [0.15, 0.2) is 59.8 Å². The molecule has 1 N–H and O–H groups in total. The van der Waals surface area contributed by atoms with Crippen molar-refractivity contribution in [2.45, 2.75) is 49.6 Å². The number of anilines is 1. The lowest BCUT2D eigenvalue weighted by Crippen LogP contribution is -2.30. The molecule has 0 spiro atoms. The summed E-state index contributed by atoms with van der Waals surface area (Å²) in [5.74, 6) is 2.37. The minimum Gasteiger partial charge on any atom is -0.497 e. The predicted molar refractivity (Wildman–Crippen MR) is 124 cm³/mol. The van der Waals surface area contributed by atoms with Crippen LogP contribution in [0.1, 0.15) is 44.0 Å². The normalized spacial score (nSPS) is 14.5. The lowest BCUT2D eigenvalue weighted by Gasteiger charge is -2.20. The maximum absolute atomic E-state index is 13.1. The second-order valence-corrected chi connectivity index (χ2v) is 9.30. The molecule has 1 atom stereocenters. The van der Waals surface area contributed by atoms with Gasteiger partial charge in [0.05, 0.1) is 18.9 Å². The predicted octanol–water partition coefficient (Wildman–Crippen LogP) is 4.97. The number of thioether (sulfide) groups is 1. The molecule has 1 saturated carbocycles. The van der Waals surface area contributed by atoms with Gasteiger partial charge in [0.15, 0.2) is 5.16 Å². The Morgan fingerprint density at radius 3 is 2.45 bits per heavy atom. The van der Waals surface area contributed by atoms with E-state index < -0.39 is 0 Å². The molecule has 1 aliphatic carbocycles. The average Bonchev–Trinajstić information content (AvgIpc) is 3.55. The number of carbonyl (C=O) groups excluding carboxylic acids is 1. The van der Waals surface area contributed by atoms with Gasteiger partial charge in [-0.25, -0.2) is 0 Å². The van der Waals surface area contributed by atoms with Crippen molar-refractivity contribution in [3.8, 4) is 5.75 Å². The first kappa shape index (κ1) is 21.4. The first-order chi connectivity index (χ1) is 15.0. The molecule has 162 valence electrons. The van der Waals surface area contributed by atoms with Crippen molar-refractivity contribution in [2.24, 2.45) is 5.92 Å². The molecular formula is C24H28N4O2S. The zero-order valence-electron chi connectivity index (χ0n) is 18.1. The zero-order chi connectivity index (χ0) is 21.8. The van der Waals surface area contributed by atoms with Crippen molar-refractivity contribution >= 4 is 23.4 Å². The molecule has 7 heteroatoms. The van der Waals surface area contributed by atoms with Gasteiger partial charge in [0.2, 0.25) is 5.91 Å². The van der Waals surface area contributed by atoms with E-state index >= 15 is 0 Å². The number of benzene rings is 2. The summed E-state index contributed by atoms with van der Waals surface area (Å²) in [6.45, 7) is 4.84. The lowest BCUT2D eigenvalue weighted by molar-refractivity contribution is -0.116. The third-order valence-electron chi connectivity index (χ3n) is 5.33. The molecule has 1 unspecified atom stereocenters. The Balaban J connectivity index is 1.54. The fourth-order valence-corrected chi connectivity index (χ4v) is 4.48. The van der Waals surface area contributed by atoms with Gasteiger partial charge in [0, 0.05) is 11.6 Å². The summed E-state index contributed by atoms with van der Waals surface area (Å²) < 4.78 is 7.38. The maximum atomic E-state index is 13.1. The van der Waals surface area contributed by atoms with E-state index in [1.165, 1.54) is 17.3 Å². The number of hydrogen-bond donors (Lipinski definition) is 1. The molecule has 1 heterocycles. The van der Waals surface area contributed by atoms with Gasteiger partial charge in [-0.15, -0.1) is 10.2 Å². The fourth-order valence-electron chi connectivity index (χ4n) is 3.44. The number of hydrogen-bond acceptors (Lipinski definition) is 5. The van der Waals surface area contributed by atoms with Crippen LogP contribution in [0.2, 0.25) is 0 Å². The molecule has 0 saturated heterocycles. The molecule has 1 fully saturated rings. The Kier molecular flexibility index (Phi) is 6.61. The van der Waals surface area contributed by atoms with E-state index in [0.717, 1.165) is 35.3 Å². The number of carbonyl (C=O) groups is 1. The Morgan fingerprint density at radius 2 is 1.84 bits per heavy atom. The van der Waals surface area contributed by atoms with Gasteiger partial charge < -0.3 is 14.6 Å². The van der Waals surface area contributed by atoms with Gasteiger partial charge in [0.1, 0.15) is 11.6 Å². The van der Waals surface area contributed by atoms with E-state index in [0.29, 0.717) is 12.5 Å². The highest BCUT2D eigenvalue weighted by Crippen LogP contribution is 2.41. The van der Waals surface area contributed by atoms with E-state index in [9.17, 15) is 4.79 Å². The van der Waals surface area contributed by atoms with Crippen LogP contribution in [0.25, 0.3) is 0 Å². The van der Waals surface area contributed by atoms with Crippen LogP contribution in [-0.2, 0) is 11.3 Å². The highest BCUT2D eigenvalue weighted by Gasteiger charge is 2.32. The fraction of sp³-hybridized carbons (Fsp3) is 0.375. The average molecular weight is 437 g/mol. The minimum atomic E-state index is -0.284. The minimum absolute atomic E-state index is 0.0348. The van der Waals surface area contributed by atoms with Crippen LogP contribution >= 0.6 is 11.8 Å². The van der Waals surface area contributed by atoms with Gasteiger partial charge in [-0.05, 0) is 48.6 Å². The zero-order valence-corrected chi connectivity index (χ0v) is 18.9. The van der Waals surface area contributed by atoms with E-state index in [4.69, 9.17) is 4.74 Å². The van der Waals surface area contributed by atoms with Crippen molar-refractivity contribution < 1.29 is 9.53 Å². The number of nitrogens with zero attached hydrogens (tertiary/aromatic N) is 3. The highest BCUT2D eigenvalue weighted by atomic mass is 32.2. The van der Waals surface area contributed by atoms with E-state index in [-0.39, 0.29) is 17.1 Å².